The third kappa shape index (κ3) is 6.44. The summed E-state index contributed by atoms with van der Waals surface area (Å²) in [7, 11) is 0. The predicted octanol–water partition coefficient (Wildman–Crippen LogP) is 2.51. The van der Waals surface area contributed by atoms with E-state index in [2.05, 4.69) is 4.98 Å². The van der Waals surface area contributed by atoms with Crippen molar-refractivity contribution in [3.8, 4) is 0 Å². The summed E-state index contributed by atoms with van der Waals surface area (Å²) in [4.78, 5) is 83.2. The van der Waals surface area contributed by atoms with E-state index in [0.717, 1.165) is 27.7 Å². The van der Waals surface area contributed by atoms with E-state index >= 15 is 0 Å². The zero-order chi connectivity index (χ0) is 37.5. The number of benzene rings is 1. The topological polar surface area (TPSA) is 200 Å². The predicted molar refractivity (Wildman–Crippen MR) is 171 cm³/mol. The van der Waals surface area contributed by atoms with Gasteiger partial charge in [0.2, 0.25) is 0 Å². The van der Waals surface area contributed by atoms with Crippen molar-refractivity contribution in [1.82, 2.24) is 4.98 Å². The average molecular weight is 712 g/mol. The number of hydrogen-bond acceptors (Lipinski definition) is 15. The number of aromatic nitrogens is 1. The third-order valence-corrected chi connectivity index (χ3v) is 9.85. The van der Waals surface area contributed by atoms with Gasteiger partial charge in [-0.1, -0.05) is 18.2 Å². The average Bonchev–Trinajstić information content (AvgIpc) is 3.24. The van der Waals surface area contributed by atoms with Crippen LogP contribution in [0.5, 0.6) is 0 Å². The third-order valence-electron chi connectivity index (χ3n) is 9.85. The summed E-state index contributed by atoms with van der Waals surface area (Å²) in [5.41, 5.74) is -8.18. The van der Waals surface area contributed by atoms with E-state index in [1.807, 2.05) is 0 Å². The summed E-state index contributed by atoms with van der Waals surface area (Å²) < 4.78 is 42.7. The van der Waals surface area contributed by atoms with Crippen molar-refractivity contribution in [2.75, 3.05) is 6.61 Å². The van der Waals surface area contributed by atoms with E-state index in [1.165, 1.54) is 43.6 Å². The van der Waals surface area contributed by atoms with Gasteiger partial charge >= 0.3 is 35.8 Å². The second-order valence-corrected chi connectivity index (χ2v) is 13.8. The lowest BCUT2D eigenvalue weighted by Gasteiger charge is -2.66. The minimum Gasteiger partial charge on any atom is -0.465 e. The van der Waals surface area contributed by atoms with Crippen LogP contribution < -0.4 is 0 Å². The molecule has 3 fully saturated rings. The van der Waals surface area contributed by atoms with Crippen LogP contribution in [0.2, 0.25) is 0 Å². The van der Waals surface area contributed by atoms with Gasteiger partial charge < -0.3 is 38.3 Å². The monoisotopic (exact) mass is 711 g/mol. The molecule has 1 aliphatic heterocycles. The van der Waals surface area contributed by atoms with Crippen LogP contribution in [0.25, 0.3) is 0 Å². The molecule has 2 aromatic rings. The molecular weight excluding hydrogens is 670 g/mol. The molecule has 15 nitrogen and oxygen atoms in total. The summed E-state index contributed by atoms with van der Waals surface area (Å²) in [6.07, 6.45) is -5.95. The van der Waals surface area contributed by atoms with Crippen molar-refractivity contribution in [1.29, 1.82) is 0 Å². The van der Waals surface area contributed by atoms with Gasteiger partial charge in [-0.15, -0.1) is 0 Å². The van der Waals surface area contributed by atoms with Gasteiger partial charge in [-0.2, -0.15) is 0 Å². The lowest BCUT2D eigenvalue weighted by atomic mass is 9.45. The number of hydrogen-bond donors (Lipinski definition) is 1. The molecule has 1 spiro atoms. The van der Waals surface area contributed by atoms with Gasteiger partial charge in [-0.25, -0.2) is 9.59 Å². The maximum absolute atomic E-state index is 14.1. The Morgan fingerprint density at radius 3 is 1.90 bits per heavy atom. The number of nitrogens with zero attached hydrogens (tertiary/aromatic N) is 1. The summed E-state index contributed by atoms with van der Waals surface area (Å²) in [6.45, 7) is 8.07. The zero-order valence-corrected chi connectivity index (χ0v) is 29.3. The number of rotatable bonds is 9. The molecule has 3 aliphatic rings. The maximum Gasteiger partial charge on any atom is 0.340 e. The van der Waals surface area contributed by atoms with Crippen LogP contribution in [0.1, 0.15) is 75.6 Å². The van der Waals surface area contributed by atoms with Gasteiger partial charge in [-0.05, 0) is 45.0 Å². The van der Waals surface area contributed by atoms with Crippen LogP contribution in [-0.2, 0) is 52.3 Å². The van der Waals surface area contributed by atoms with E-state index < -0.39 is 107 Å². The Morgan fingerprint density at radius 2 is 1.33 bits per heavy atom. The SMILES string of the molecule is CC(=O)OC[C@]12[C@H](OC(=O)c3ccccc3)[C@H](OC(=O)c3cccnc3)[C@@H]3[C@@H](OC(C)=O)[C@]1(OC3(C)C)[C@@](C)(O)C[C@@H](OC(C)=O)[C@@H]2OC(C)=O. The van der Waals surface area contributed by atoms with Crippen LogP contribution in [-0.4, -0.2) is 99.8 Å². The minimum atomic E-state index is -2.32. The Balaban J connectivity index is 1.90. The molecular formula is C36H41NO14. The summed E-state index contributed by atoms with van der Waals surface area (Å²) in [5.74, 6) is -6.48. The Bertz CT molecular complexity index is 1690. The van der Waals surface area contributed by atoms with Crippen molar-refractivity contribution < 1.29 is 67.0 Å². The van der Waals surface area contributed by atoms with Crippen molar-refractivity contribution in [2.24, 2.45) is 11.3 Å². The molecule has 1 aromatic heterocycles. The molecule has 9 atom stereocenters. The van der Waals surface area contributed by atoms with Gasteiger partial charge in [0.05, 0.1) is 28.2 Å². The standard InChI is InChI=1S/C36H41NO14/c1-19(38)45-18-35-28(47-21(3)40)25(46-20(2)39)16-34(7,44)36(35)29(48-22(4)41)26(33(5,6)51-36)27(49-32(43)24-14-11-15-37-17-24)30(35)50-31(42)23-12-9-8-10-13-23/h8-15,17,25-30,44H,16,18H2,1-7H3/t25-,26-,27-,28+,29-,30-,34+,35+,36+/m1/s1. The van der Waals surface area contributed by atoms with Crippen LogP contribution in [0.15, 0.2) is 54.9 Å². The second-order valence-electron chi connectivity index (χ2n) is 13.8. The van der Waals surface area contributed by atoms with E-state index in [9.17, 15) is 33.9 Å². The molecule has 1 N–H and O–H groups in total. The lowest BCUT2D eigenvalue weighted by molar-refractivity contribution is -0.362. The molecule has 5 rings (SSSR count). The Hall–Kier alpha value is -4.89. The highest BCUT2D eigenvalue weighted by molar-refractivity contribution is 5.90. The number of pyridine rings is 1. The quantitative estimate of drug-likeness (QED) is 0.294. The van der Waals surface area contributed by atoms with Gasteiger partial charge in [0.15, 0.2) is 17.8 Å². The smallest absolute Gasteiger partial charge is 0.340 e. The highest BCUT2D eigenvalue weighted by Crippen LogP contribution is 2.69. The fourth-order valence-electron chi connectivity index (χ4n) is 8.30. The van der Waals surface area contributed by atoms with Gasteiger partial charge in [-0.3, -0.25) is 24.2 Å². The first kappa shape index (κ1) is 37.4. The first-order valence-electron chi connectivity index (χ1n) is 16.3. The van der Waals surface area contributed by atoms with Crippen molar-refractivity contribution in [3.63, 3.8) is 0 Å². The number of ether oxygens (including phenoxy) is 7. The van der Waals surface area contributed by atoms with Gasteiger partial charge in [0, 0.05) is 46.5 Å². The molecule has 274 valence electrons. The van der Waals surface area contributed by atoms with Crippen LogP contribution in [0.4, 0.5) is 0 Å². The van der Waals surface area contributed by atoms with Gasteiger partial charge in [0.25, 0.3) is 0 Å². The Kier molecular flexibility index (Phi) is 10.0. The summed E-state index contributed by atoms with van der Waals surface area (Å²) in [6, 6.07) is 10.7. The summed E-state index contributed by atoms with van der Waals surface area (Å²) >= 11 is 0. The molecule has 51 heavy (non-hydrogen) atoms. The fourth-order valence-corrected chi connectivity index (χ4v) is 8.30. The number of fused-ring (bicyclic) bond motifs is 1. The van der Waals surface area contributed by atoms with Crippen LogP contribution in [0, 0.1) is 11.3 Å². The first-order chi connectivity index (χ1) is 23.9. The summed E-state index contributed by atoms with van der Waals surface area (Å²) in [5, 5.41) is 12.7. The largest absolute Gasteiger partial charge is 0.465 e. The maximum atomic E-state index is 14.1. The molecule has 1 saturated heterocycles. The fraction of sp³-hybridized carbons (Fsp3) is 0.528. The minimum absolute atomic E-state index is 0.00207. The van der Waals surface area contributed by atoms with Gasteiger partial charge in [0.1, 0.15) is 30.3 Å². The number of carbonyl (C=O) groups excluding carboxylic acids is 6. The highest BCUT2D eigenvalue weighted by Gasteiger charge is 2.89. The van der Waals surface area contributed by atoms with E-state index in [4.69, 9.17) is 33.2 Å². The van der Waals surface area contributed by atoms with Crippen molar-refractivity contribution in [3.05, 3.63) is 66.0 Å². The second kappa shape index (κ2) is 13.7. The zero-order valence-electron chi connectivity index (χ0n) is 29.3. The molecule has 2 saturated carbocycles. The van der Waals surface area contributed by atoms with Crippen molar-refractivity contribution >= 4 is 35.8 Å². The molecule has 2 bridgehead atoms. The van der Waals surface area contributed by atoms with E-state index in [1.54, 1.807) is 32.0 Å². The van der Waals surface area contributed by atoms with Crippen molar-refractivity contribution in [2.45, 2.75) is 102 Å². The first-order valence-corrected chi connectivity index (χ1v) is 16.3. The normalized spacial score (nSPS) is 33.1. The molecule has 2 heterocycles. The molecule has 15 heteroatoms. The lowest BCUT2D eigenvalue weighted by Crippen LogP contribution is -2.85. The molecule has 2 aliphatic carbocycles. The Labute approximate surface area is 293 Å². The van der Waals surface area contributed by atoms with E-state index in [0.29, 0.717) is 0 Å². The van der Waals surface area contributed by atoms with E-state index in [-0.39, 0.29) is 11.1 Å². The Morgan fingerprint density at radius 1 is 0.745 bits per heavy atom. The molecule has 0 radical (unpaired) electrons. The number of aliphatic hydroxyl groups is 1. The van der Waals surface area contributed by atoms with Crippen LogP contribution in [0.3, 0.4) is 0 Å². The van der Waals surface area contributed by atoms with Crippen LogP contribution >= 0.6 is 0 Å². The number of carbonyl (C=O) groups is 6. The molecule has 0 amide bonds. The highest BCUT2D eigenvalue weighted by atomic mass is 16.7. The molecule has 0 unspecified atom stereocenters. The number of esters is 6. The molecule has 1 aromatic carbocycles.